The first-order valence-corrected chi connectivity index (χ1v) is 15.7. The molecular weight excluding hydrogens is 564 g/mol. The minimum absolute atomic E-state index is 0.0623. The Balaban J connectivity index is 1.15. The Morgan fingerprint density at radius 2 is 1.86 bits per heavy atom. The monoisotopic (exact) mass is 610 g/mol. The zero-order chi connectivity index (χ0) is 31.3. The molecule has 3 aliphatic rings. The normalized spacial score (nSPS) is 20.8. The van der Waals surface area contributed by atoms with Crippen LogP contribution in [0.4, 0.5) is 21.4 Å². The van der Waals surface area contributed by atoms with E-state index in [4.69, 9.17) is 23.9 Å². The van der Waals surface area contributed by atoms with Crippen LogP contribution in [0.2, 0.25) is 0 Å². The van der Waals surface area contributed by atoms with Crippen LogP contribution in [0.5, 0.6) is 0 Å². The fourth-order valence-corrected chi connectivity index (χ4v) is 5.49. The Bertz CT molecular complexity index is 1270. The largest absolute Gasteiger partial charge is 0.444 e. The smallest absolute Gasteiger partial charge is 0.416 e. The number of aromatic nitrogens is 2. The summed E-state index contributed by atoms with van der Waals surface area (Å²) >= 11 is 0. The van der Waals surface area contributed by atoms with E-state index >= 15 is 0 Å². The van der Waals surface area contributed by atoms with E-state index in [1.807, 2.05) is 27.7 Å². The van der Waals surface area contributed by atoms with Gasteiger partial charge in [-0.1, -0.05) is 24.3 Å². The van der Waals surface area contributed by atoms with E-state index in [0.717, 1.165) is 50.0 Å². The van der Waals surface area contributed by atoms with Crippen LogP contribution >= 0.6 is 0 Å². The van der Waals surface area contributed by atoms with Crippen molar-refractivity contribution in [2.24, 2.45) is 0 Å². The van der Waals surface area contributed by atoms with Crippen molar-refractivity contribution in [3.05, 3.63) is 47.2 Å². The van der Waals surface area contributed by atoms with Crippen molar-refractivity contribution < 1.29 is 28.5 Å². The Morgan fingerprint density at radius 3 is 2.55 bits per heavy atom. The molecular formula is C32H46N6O6. The first kappa shape index (κ1) is 31.9. The quantitative estimate of drug-likeness (QED) is 0.411. The third-order valence-electron chi connectivity index (χ3n) is 7.98. The average Bonchev–Trinajstić information content (AvgIpc) is 3.00. The Kier molecular flexibility index (Phi) is 10.2. The molecule has 3 atom stereocenters. The standard InChI is InChI=1S/C32H46N6O6/c1-22(20-42-27-8-6-7-17-41-27)38-28-26(21-43-31(38)40)18-33-29(35-28)34-23(2)25-11-9-24(10-12-25)19-36-13-15-37(16-14-36)30(39)44-32(3,4)5/h9-12,18,22-23,27H,6-8,13-17,19-21H2,1-5H3,(H,33,34,35). The molecule has 44 heavy (non-hydrogen) atoms. The fourth-order valence-electron chi connectivity index (χ4n) is 5.49. The van der Waals surface area contributed by atoms with Crippen molar-refractivity contribution in [3.63, 3.8) is 0 Å². The lowest BCUT2D eigenvalue weighted by molar-refractivity contribution is -0.164. The summed E-state index contributed by atoms with van der Waals surface area (Å²) in [6.45, 7) is 14.5. The van der Waals surface area contributed by atoms with Crippen LogP contribution in [-0.2, 0) is 32.1 Å². The molecule has 12 nitrogen and oxygen atoms in total. The molecule has 4 heterocycles. The summed E-state index contributed by atoms with van der Waals surface area (Å²) < 4.78 is 22.5. The molecule has 2 aromatic rings. The lowest BCUT2D eigenvalue weighted by atomic mass is 10.1. The number of ether oxygens (including phenoxy) is 4. The second-order valence-electron chi connectivity index (χ2n) is 12.8. The van der Waals surface area contributed by atoms with Gasteiger partial charge in [0.2, 0.25) is 5.95 Å². The molecule has 1 aromatic heterocycles. The molecule has 0 bridgehead atoms. The van der Waals surface area contributed by atoms with Gasteiger partial charge in [0.25, 0.3) is 0 Å². The number of nitrogens with one attached hydrogen (secondary N) is 1. The molecule has 3 unspecified atom stereocenters. The number of rotatable bonds is 9. The third kappa shape index (κ3) is 8.36. The molecule has 2 fully saturated rings. The van der Waals surface area contributed by atoms with Gasteiger partial charge in [0.1, 0.15) is 12.2 Å². The lowest BCUT2D eigenvalue weighted by Crippen LogP contribution is -2.49. The molecule has 3 aliphatic heterocycles. The van der Waals surface area contributed by atoms with Crippen molar-refractivity contribution in [3.8, 4) is 0 Å². The zero-order valence-corrected chi connectivity index (χ0v) is 26.6. The van der Waals surface area contributed by atoms with E-state index in [1.165, 1.54) is 5.56 Å². The van der Waals surface area contributed by atoms with E-state index in [9.17, 15) is 9.59 Å². The molecule has 0 radical (unpaired) electrons. The number of nitrogens with zero attached hydrogens (tertiary/aromatic N) is 5. The fraction of sp³-hybridized carbons (Fsp3) is 0.625. The summed E-state index contributed by atoms with van der Waals surface area (Å²) in [4.78, 5) is 40.0. The highest BCUT2D eigenvalue weighted by Crippen LogP contribution is 2.29. The topological polar surface area (TPSA) is 119 Å². The first-order valence-electron chi connectivity index (χ1n) is 15.7. The molecule has 12 heteroatoms. The third-order valence-corrected chi connectivity index (χ3v) is 7.98. The van der Waals surface area contributed by atoms with Gasteiger partial charge in [-0.3, -0.25) is 9.80 Å². The molecule has 1 N–H and O–H groups in total. The number of hydrogen-bond donors (Lipinski definition) is 1. The van der Waals surface area contributed by atoms with E-state index in [2.05, 4.69) is 46.4 Å². The van der Waals surface area contributed by atoms with Crippen molar-refractivity contribution in [1.82, 2.24) is 19.8 Å². The van der Waals surface area contributed by atoms with Crippen LogP contribution < -0.4 is 10.2 Å². The van der Waals surface area contributed by atoms with E-state index in [-0.39, 0.29) is 31.1 Å². The van der Waals surface area contributed by atoms with Crippen molar-refractivity contribution in [2.75, 3.05) is 49.6 Å². The van der Waals surface area contributed by atoms with Gasteiger partial charge in [-0.05, 0) is 65.0 Å². The number of piperazine rings is 1. The highest BCUT2D eigenvalue weighted by atomic mass is 16.7. The van der Waals surface area contributed by atoms with Crippen LogP contribution in [0.3, 0.4) is 0 Å². The number of amides is 2. The Hall–Kier alpha value is -3.48. The second-order valence-corrected chi connectivity index (χ2v) is 12.8. The lowest BCUT2D eigenvalue weighted by Gasteiger charge is -2.35. The summed E-state index contributed by atoms with van der Waals surface area (Å²) in [7, 11) is 0. The van der Waals surface area contributed by atoms with E-state index in [1.54, 1.807) is 16.0 Å². The predicted octanol–water partition coefficient (Wildman–Crippen LogP) is 5.09. The molecule has 5 rings (SSSR count). The number of benzene rings is 1. The van der Waals surface area contributed by atoms with Gasteiger partial charge >= 0.3 is 12.2 Å². The average molecular weight is 611 g/mol. The number of cyclic esters (lactones) is 1. The van der Waals surface area contributed by atoms with Gasteiger partial charge in [-0.25, -0.2) is 14.6 Å². The highest BCUT2D eigenvalue weighted by molar-refractivity contribution is 5.89. The molecule has 1 aromatic carbocycles. The van der Waals surface area contributed by atoms with Gasteiger partial charge in [0.05, 0.1) is 24.3 Å². The molecule has 2 amide bonds. The zero-order valence-electron chi connectivity index (χ0n) is 26.6. The maximum atomic E-state index is 12.8. The van der Waals surface area contributed by atoms with Crippen LogP contribution in [0.25, 0.3) is 0 Å². The minimum Gasteiger partial charge on any atom is -0.444 e. The summed E-state index contributed by atoms with van der Waals surface area (Å²) in [5, 5.41) is 3.39. The van der Waals surface area contributed by atoms with Gasteiger partial charge in [0.15, 0.2) is 12.1 Å². The molecule has 0 saturated carbocycles. The maximum Gasteiger partial charge on any atom is 0.416 e. The molecule has 0 spiro atoms. The van der Waals surface area contributed by atoms with Gasteiger partial charge in [0, 0.05) is 45.5 Å². The van der Waals surface area contributed by atoms with Gasteiger partial charge in [-0.2, -0.15) is 4.98 Å². The Morgan fingerprint density at radius 1 is 1.11 bits per heavy atom. The number of anilines is 2. The van der Waals surface area contributed by atoms with E-state index < -0.39 is 11.7 Å². The van der Waals surface area contributed by atoms with Crippen LogP contribution in [0, 0.1) is 0 Å². The van der Waals surface area contributed by atoms with E-state index in [0.29, 0.717) is 38.1 Å². The molecule has 2 saturated heterocycles. The number of carbonyl (C=O) groups excluding carboxylic acids is 2. The maximum absolute atomic E-state index is 12.8. The van der Waals surface area contributed by atoms with Crippen molar-refractivity contribution >= 4 is 24.0 Å². The predicted molar refractivity (Wildman–Crippen MR) is 165 cm³/mol. The van der Waals surface area contributed by atoms with Gasteiger partial charge in [-0.15, -0.1) is 0 Å². The minimum atomic E-state index is -0.486. The highest BCUT2D eigenvalue weighted by Gasteiger charge is 2.33. The molecule has 240 valence electrons. The van der Waals surface area contributed by atoms with Gasteiger partial charge < -0.3 is 29.2 Å². The van der Waals surface area contributed by atoms with Crippen LogP contribution in [0.1, 0.15) is 76.6 Å². The van der Waals surface area contributed by atoms with Crippen LogP contribution in [-0.4, -0.2) is 89.3 Å². The number of carbonyl (C=O) groups is 2. The van der Waals surface area contributed by atoms with Crippen LogP contribution in [0.15, 0.2) is 30.5 Å². The second kappa shape index (κ2) is 14.1. The van der Waals surface area contributed by atoms with Crippen molar-refractivity contribution in [2.45, 2.75) is 91.0 Å². The summed E-state index contributed by atoms with van der Waals surface area (Å²) in [5.41, 5.74) is 2.57. The SMILES string of the molecule is CC(Nc1ncc2c(n1)N(C(C)COC1CCCCO1)C(=O)OC2)c1ccc(CN2CCN(C(=O)OC(C)(C)C)CC2)cc1. The number of fused-ring (bicyclic) bond motifs is 1. The first-order chi connectivity index (χ1) is 21.1. The number of hydrogen-bond acceptors (Lipinski definition) is 10. The Labute approximate surface area is 260 Å². The molecule has 0 aliphatic carbocycles. The summed E-state index contributed by atoms with van der Waals surface area (Å²) in [6, 6.07) is 8.14. The van der Waals surface area contributed by atoms with Crippen molar-refractivity contribution in [1.29, 1.82) is 0 Å². The summed E-state index contributed by atoms with van der Waals surface area (Å²) in [5.74, 6) is 0.973. The summed E-state index contributed by atoms with van der Waals surface area (Å²) in [6.07, 6.45) is 3.76.